The Balaban J connectivity index is 2.48. The minimum atomic E-state index is -3.22. The first kappa shape index (κ1) is 14.7. The van der Waals surface area contributed by atoms with Crippen molar-refractivity contribution in [3.8, 4) is 0 Å². The highest BCUT2D eigenvalue weighted by molar-refractivity contribution is 7.57. The Kier molecular flexibility index (Phi) is 5.63. The second-order valence-electron chi connectivity index (χ2n) is 4.83. The first-order chi connectivity index (χ1) is 7.94. The van der Waals surface area contributed by atoms with Crippen molar-refractivity contribution in [2.24, 2.45) is 0 Å². The van der Waals surface area contributed by atoms with Crippen molar-refractivity contribution in [3.05, 3.63) is 0 Å². The van der Waals surface area contributed by atoms with Crippen molar-refractivity contribution in [3.63, 3.8) is 0 Å². The average Bonchev–Trinajstić information content (AvgIpc) is 2.26. The summed E-state index contributed by atoms with van der Waals surface area (Å²) in [5.41, 5.74) is 0. The molecule has 1 rings (SSSR count). The van der Waals surface area contributed by atoms with Crippen LogP contribution >= 0.6 is 7.37 Å². The summed E-state index contributed by atoms with van der Waals surface area (Å²) in [6.07, 6.45) is 3.81. The predicted octanol–water partition coefficient (Wildman–Crippen LogP) is 0.109. The fourth-order valence-electron chi connectivity index (χ4n) is 2.30. The second-order valence-corrected chi connectivity index (χ2v) is 7.12. The highest BCUT2D eigenvalue weighted by Crippen LogP contribution is 2.38. The molecular formula is C11H24N2O3P+. The summed E-state index contributed by atoms with van der Waals surface area (Å²) in [7, 11) is -3.22. The Bertz CT molecular complexity index is 303. The Hall–Kier alpha value is -0.380. The summed E-state index contributed by atoms with van der Waals surface area (Å²) in [5, 5.41) is 0. The number of rotatable bonds is 5. The van der Waals surface area contributed by atoms with E-state index in [0.717, 1.165) is 25.9 Å². The highest BCUT2D eigenvalue weighted by Gasteiger charge is 2.29. The van der Waals surface area contributed by atoms with Gasteiger partial charge in [-0.15, -0.1) is 0 Å². The van der Waals surface area contributed by atoms with Gasteiger partial charge in [0.05, 0.1) is 13.1 Å². The lowest BCUT2D eigenvalue weighted by Gasteiger charge is -2.28. The number of piperidine rings is 1. The summed E-state index contributed by atoms with van der Waals surface area (Å²) in [6, 6.07) is 0. The molecule has 0 aromatic rings. The average molecular weight is 263 g/mol. The molecule has 0 spiro atoms. The van der Waals surface area contributed by atoms with Crippen LogP contribution in [0.1, 0.15) is 33.1 Å². The van der Waals surface area contributed by atoms with Gasteiger partial charge in [-0.25, -0.2) is 0 Å². The van der Waals surface area contributed by atoms with Crippen LogP contribution in [0.5, 0.6) is 0 Å². The van der Waals surface area contributed by atoms with Gasteiger partial charge in [-0.1, -0.05) is 0 Å². The van der Waals surface area contributed by atoms with E-state index >= 15 is 0 Å². The number of nitrogens with one attached hydrogen (secondary N) is 1. The zero-order chi connectivity index (χ0) is 12.9. The molecule has 6 heteroatoms. The van der Waals surface area contributed by atoms with Crippen LogP contribution in [-0.2, 0) is 9.36 Å². The molecule has 0 radical (unpaired) electrons. The molecule has 0 aromatic carbocycles. The van der Waals surface area contributed by atoms with Crippen LogP contribution in [0, 0.1) is 0 Å². The number of likely N-dealkylation sites (tertiary alicyclic amines) is 1. The molecular weight excluding hydrogens is 239 g/mol. The van der Waals surface area contributed by atoms with Crippen molar-refractivity contribution in [2.75, 3.05) is 32.2 Å². The van der Waals surface area contributed by atoms with Gasteiger partial charge in [0.25, 0.3) is 7.37 Å². The first-order valence-electron chi connectivity index (χ1n) is 6.34. The molecule has 1 aliphatic heterocycles. The van der Waals surface area contributed by atoms with E-state index in [1.54, 1.807) is 0 Å². The normalized spacial score (nSPS) is 20.9. The lowest BCUT2D eigenvalue weighted by Crippen LogP contribution is -3.12. The smallest absolute Gasteiger partial charge is 0.271 e. The third kappa shape index (κ3) is 5.19. The van der Waals surface area contributed by atoms with E-state index < -0.39 is 7.37 Å². The summed E-state index contributed by atoms with van der Waals surface area (Å²) in [5.74, 6) is -0.129. The Morgan fingerprint density at radius 1 is 1.35 bits per heavy atom. The lowest BCUT2D eigenvalue weighted by atomic mass is 10.1. The minimum Gasteiger partial charge on any atom is -0.339 e. The van der Waals surface area contributed by atoms with Crippen LogP contribution in [0.15, 0.2) is 0 Å². The van der Waals surface area contributed by atoms with Crippen molar-refractivity contribution >= 4 is 13.3 Å². The Morgan fingerprint density at radius 3 is 2.41 bits per heavy atom. The molecule has 5 nitrogen and oxygen atoms in total. The van der Waals surface area contributed by atoms with Crippen LogP contribution < -0.4 is 4.90 Å². The number of hydrogen-bond acceptors (Lipinski definition) is 2. The van der Waals surface area contributed by atoms with Gasteiger partial charge in [-0.05, 0) is 26.2 Å². The van der Waals surface area contributed by atoms with Gasteiger partial charge in [0, 0.05) is 13.5 Å². The topological polar surface area (TPSA) is 62.1 Å². The molecule has 0 bridgehead atoms. The third-order valence-corrected chi connectivity index (χ3v) is 4.97. The highest BCUT2D eigenvalue weighted by atomic mass is 31.2. The molecule has 100 valence electrons. The van der Waals surface area contributed by atoms with Gasteiger partial charge in [-0.2, -0.15) is 0 Å². The van der Waals surface area contributed by atoms with Crippen molar-refractivity contribution in [1.29, 1.82) is 0 Å². The van der Waals surface area contributed by atoms with E-state index in [1.807, 2.05) is 6.92 Å². The van der Waals surface area contributed by atoms with Crippen LogP contribution in [-0.4, -0.2) is 47.9 Å². The van der Waals surface area contributed by atoms with E-state index in [0.29, 0.717) is 12.8 Å². The number of amides is 1. The molecule has 1 unspecified atom stereocenters. The van der Waals surface area contributed by atoms with Crippen LogP contribution in [0.3, 0.4) is 0 Å². The van der Waals surface area contributed by atoms with Gasteiger partial charge in [0.2, 0.25) is 5.91 Å². The zero-order valence-electron chi connectivity index (χ0n) is 10.8. The fourth-order valence-corrected chi connectivity index (χ4v) is 4.35. The van der Waals surface area contributed by atoms with Crippen LogP contribution in [0.2, 0.25) is 0 Å². The molecule has 1 fully saturated rings. The predicted molar refractivity (Wildman–Crippen MR) is 67.2 cm³/mol. The van der Waals surface area contributed by atoms with E-state index in [-0.39, 0.29) is 12.2 Å². The maximum Gasteiger partial charge on any atom is 0.271 e. The first-order valence-corrected chi connectivity index (χ1v) is 8.37. The molecule has 0 saturated carbocycles. The van der Waals surface area contributed by atoms with E-state index in [2.05, 4.69) is 0 Å². The van der Waals surface area contributed by atoms with Crippen molar-refractivity contribution in [2.45, 2.75) is 33.1 Å². The van der Waals surface area contributed by atoms with Crippen molar-refractivity contribution < 1.29 is 19.2 Å². The Morgan fingerprint density at radius 2 is 1.94 bits per heavy atom. The molecule has 1 saturated heterocycles. The summed E-state index contributed by atoms with van der Waals surface area (Å²) in [4.78, 5) is 23.8. The van der Waals surface area contributed by atoms with Gasteiger partial charge in [-0.3, -0.25) is 9.36 Å². The summed E-state index contributed by atoms with van der Waals surface area (Å²) in [6.45, 7) is 5.73. The maximum atomic E-state index is 12.1. The number of carbonyl (C=O) groups is 1. The molecule has 1 atom stereocenters. The molecule has 1 amide bonds. The molecule has 1 heterocycles. The van der Waals surface area contributed by atoms with Gasteiger partial charge < -0.3 is 14.7 Å². The lowest BCUT2D eigenvalue weighted by molar-refractivity contribution is -0.893. The van der Waals surface area contributed by atoms with Crippen LogP contribution in [0.25, 0.3) is 0 Å². The van der Waals surface area contributed by atoms with Crippen LogP contribution in [0.4, 0.5) is 0 Å². The second kappa shape index (κ2) is 6.53. The van der Waals surface area contributed by atoms with Crippen molar-refractivity contribution in [1.82, 2.24) is 4.90 Å². The maximum absolute atomic E-state index is 12.1. The summed E-state index contributed by atoms with van der Waals surface area (Å²) >= 11 is 0. The monoisotopic (exact) mass is 263 g/mol. The molecule has 2 N–H and O–H groups in total. The summed E-state index contributed by atoms with van der Waals surface area (Å²) < 4.78 is 12.1. The molecule has 17 heavy (non-hydrogen) atoms. The standard InChI is InChI=1S/C11H23N2O3P/c1-3-13(11(2)14)10-17(15,16)9-12-7-5-4-6-8-12/h3-10H2,1-2H3,(H,15,16)/p+1. The Labute approximate surface area is 103 Å². The zero-order valence-corrected chi connectivity index (χ0v) is 11.7. The third-order valence-electron chi connectivity index (χ3n) is 3.25. The number of nitrogens with zero attached hydrogens (tertiary/aromatic N) is 1. The van der Waals surface area contributed by atoms with Gasteiger partial charge in [0.15, 0.2) is 6.29 Å². The van der Waals surface area contributed by atoms with E-state index in [1.165, 1.54) is 23.1 Å². The van der Waals surface area contributed by atoms with Gasteiger partial charge >= 0.3 is 0 Å². The number of hydrogen-bond donors (Lipinski definition) is 2. The fraction of sp³-hybridized carbons (Fsp3) is 0.909. The largest absolute Gasteiger partial charge is 0.339 e. The SMILES string of the molecule is CCN(CP(=O)(O)C[NH+]1CCCCC1)C(C)=O. The molecule has 0 aliphatic carbocycles. The van der Waals surface area contributed by atoms with E-state index in [4.69, 9.17) is 0 Å². The molecule has 1 aliphatic rings. The number of quaternary nitrogens is 1. The minimum absolute atomic E-state index is 0.00231. The quantitative estimate of drug-likeness (QED) is 0.692. The van der Waals surface area contributed by atoms with Gasteiger partial charge in [0.1, 0.15) is 6.29 Å². The van der Waals surface area contributed by atoms with E-state index in [9.17, 15) is 14.3 Å². The molecule has 0 aromatic heterocycles. The number of carbonyl (C=O) groups excluding carboxylic acids is 1.